The molecule has 0 aliphatic carbocycles. The van der Waals surface area contributed by atoms with Gasteiger partial charge >= 0.3 is 33.6 Å². The van der Waals surface area contributed by atoms with E-state index in [0.29, 0.717) is 19.3 Å². The second-order valence-electron chi connectivity index (χ2n) is 23.6. The second-order valence-corrected chi connectivity index (χ2v) is 26.5. The number of hydrogen-bond donors (Lipinski definition) is 4. The zero-order valence-corrected chi connectivity index (χ0v) is 59.7. The first-order valence-electron chi connectivity index (χ1n) is 35.8. The van der Waals surface area contributed by atoms with Crippen molar-refractivity contribution in [1.82, 2.24) is 0 Å². The molecule has 0 amide bonds. The number of unbranched alkanes of at least 4 members (excludes halogenated alkanes) is 24. The highest BCUT2D eigenvalue weighted by Crippen LogP contribution is 2.45. The highest BCUT2D eigenvalue weighted by atomic mass is 31.2. The summed E-state index contributed by atoms with van der Waals surface area (Å²) in [7, 11) is -9.79. The van der Waals surface area contributed by atoms with Crippen molar-refractivity contribution in [3.63, 3.8) is 0 Å². The molecule has 0 radical (unpaired) electrons. The minimum atomic E-state index is -4.93. The lowest BCUT2D eigenvalue weighted by Gasteiger charge is -2.21. The molecule has 5 unspecified atom stereocenters. The van der Waals surface area contributed by atoms with E-state index in [0.717, 1.165) is 173 Å². The van der Waals surface area contributed by atoms with E-state index in [-0.39, 0.29) is 19.3 Å². The average molecular weight is 1350 g/mol. The standard InChI is InChI=1S/C75H128O16P2/c1-4-7-10-13-16-19-22-25-28-30-31-32-33-34-35-36-37-39-42-43-46-49-52-55-58-61-73(78)85-64-70(76)65-87-92(81,82)88-66-71(77)67-89-93(83,84)90-69-72(91-75(80)63-60-57-54-51-48-45-40-27-24-21-18-15-12-9-6-3)68-86-74(79)62-59-56-53-50-47-44-41-38-29-26-23-20-17-14-11-8-5-2/h7-8,10-11,16-21,25-29,31-32,34-35,40,70-72,76-77H,4-6,9,12-15,22-24,30,33,36-39,41-69H2,1-3H3,(H,81,82)(H,83,84)/b10-7-,11-8-,19-16-,20-17-,21-18-,28-25-,29-26-,32-31-,35-34-,40-27-. The number of rotatable bonds is 67. The topological polar surface area (TPSA) is 231 Å². The molecule has 0 aliphatic rings. The molecule has 0 aromatic rings. The summed E-state index contributed by atoms with van der Waals surface area (Å²) in [4.78, 5) is 58.5. The second kappa shape index (κ2) is 67.9. The zero-order chi connectivity index (χ0) is 68.1. The van der Waals surface area contributed by atoms with E-state index >= 15 is 0 Å². The maximum Gasteiger partial charge on any atom is 0.472 e. The van der Waals surface area contributed by atoms with Gasteiger partial charge in [-0.25, -0.2) is 9.13 Å². The molecular formula is C75H128O16P2. The van der Waals surface area contributed by atoms with E-state index in [1.54, 1.807) is 0 Å². The van der Waals surface area contributed by atoms with Crippen molar-refractivity contribution < 1.29 is 75.8 Å². The van der Waals surface area contributed by atoms with Gasteiger partial charge in [0.2, 0.25) is 0 Å². The van der Waals surface area contributed by atoms with Gasteiger partial charge in [0.1, 0.15) is 25.4 Å². The molecule has 0 heterocycles. The Bertz CT molecular complexity index is 2180. The van der Waals surface area contributed by atoms with Crippen molar-refractivity contribution in [2.24, 2.45) is 0 Å². The Kier molecular flexibility index (Phi) is 65.0. The van der Waals surface area contributed by atoms with Gasteiger partial charge in [0.25, 0.3) is 0 Å². The lowest BCUT2D eigenvalue weighted by molar-refractivity contribution is -0.161. The highest BCUT2D eigenvalue weighted by molar-refractivity contribution is 7.47. The minimum absolute atomic E-state index is 0.0843. The third-order valence-electron chi connectivity index (χ3n) is 14.7. The molecule has 93 heavy (non-hydrogen) atoms. The lowest BCUT2D eigenvalue weighted by atomic mass is 10.1. The Morgan fingerprint density at radius 2 is 0.570 bits per heavy atom. The summed E-state index contributed by atoms with van der Waals surface area (Å²) in [6.45, 7) is 2.39. The maximum absolute atomic E-state index is 12.9. The maximum atomic E-state index is 12.9. The molecule has 0 aromatic heterocycles. The largest absolute Gasteiger partial charge is 0.472 e. The zero-order valence-electron chi connectivity index (χ0n) is 57.9. The van der Waals surface area contributed by atoms with Crippen molar-refractivity contribution in [1.29, 1.82) is 0 Å². The summed E-state index contributed by atoms with van der Waals surface area (Å²) in [5, 5.41) is 20.6. The van der Waals surface area contributed by atoms with Gasteiger partial charge in [-0.15, -0.1) is 0 Å². The summed E-state index contributed by atoms with van der Waals surface area (Å²) in [5.74, 6) is -1.61. The predicted octanol–water partition coefficient (Wildman–Crippen LogP) is 20.2. The van der Waals surface area contributed by atoms with Crippen molar-refractivity contribution in [2.45, 2.75) is 296 Å². The van der Waals surface area contributed by atoms with Gasteiger partial charge in [-0.05, 0) is 128 Å². The van der Waals surface area contributed by atoms with Crippen LogP contribution < -0.4 is 0 Å². The van der Waals surface area contributed by atoms with Crippen molar-refractivity contribution in [2.75, 3.05) is 39.6 Å². The van der Waals surface area contributed by atoms with Crippen LogP contribution in [0.3, 0.4) is 0 Å². The molecule has 0 bridgehead atoms. The van der Waals surface area contributed by atoms with Gasteiger partial charge in [0, 0.05) is 19.3 Å². The number of carbonyl (C=O) groups excluding carboxylic acids is 3. The van der Waals surface area contributed by atoms with Crippen LogP contribution in [0.5, 0.6) is 0 Å². The van der Waals surface area contributed by atoms with Crippen LogP contribution in [0.25, 0.3) is 0 Å². The number of aliphatic hydroxyl groups excluding tert-OH is 2. The van der Waals surface area contributed by atoms with Crippen LogP contribution in [-0.2, 0) is 55.8 Å². The number of esters is 3. The van der Waals surface area contributed by atoms with Crippen molar-refractivity contribution >= 4 is 33.6 Å². The minimum Gasteiger partial charge on any atom is -0.463 e. The summed E-state index contributed by atoms with van der Waals surface area (Å²) in [5.41, 5.74) is 0. The van der Waals surface area contributed by atoms with E-state index in [9.17, 15) is 43.5 Å². The van der Waals surface area contributed by atoms with Crippen molar-refractivity contribution in [3.05, 3.63) is 122 Å². The SMILES string of the molecule is CC/C=C\C/C=C\C/C=C\C/C=C\C/C=C\CCCCCCCCCCCC(=O)OCC(O)COP(=O)(O)OCC(O)COP(=O)(O)OCC(COC(=O)CCCCCCCCC/C=C\C/C=C\C/C=C\CC)OC(=O)CCCCCCC/C=C\C/C=C\CCCCC. The Morgan fingerprint density at radius 1 is 0.312 bits per heavy atom. The van der Waals surface area contributed by atoms with E-state index in [1.807, 2.05) is 0 Å². The molecule has 0 fully saturated rings. The van der Waals surface area contributed by atoms with Gasteiger partial charge in [-0.3, -0.25) is 32.5 Å². The first-order valence-corrected chi connectivity index (χ1v) is 38.8. The monoisotopic (exact) mass is 1350 g/mol. The molecule has 0 aromatic carbocycles. The number of phosphoric ester groups is 2. The van der Waals surface area contributed by atoms with Crippen LogP contribution in [0.2, 0.25) is 0 Å². The molecule has 0 aliphatic heterocycles. The molecular weight excluding hydrogens is 1220 g/mol. The van der Waals surface area contributed by atoms with Crippen LogP contribution in [0, 0.1) is 0 Å². The van der Waals surface area contributed by atoms with E-state index < -0.39 is 91.5 Å². The Hall–Kier alpha value is -4.05. The van der Waals surface area contributed by atoms with Crippen LogP contribution in [-0.4, -0.2) is 95.9 Å². The molecule has 5 atom stereocenters. The van der Waals surface area contributed by atoms with Crippen LogP contribution >= 0.6 is 15.6 Å². The fourth-order valence-corrected chi connectivity index (χ4v) is 10.8. The van der Waals surface area contributed by atoms with Crippen LogP contribution in [0.1, 0.15) is 278 Å². The number of carbonyl (C=O) groups is 3. The molecule has 18 heteroatoms. The van der Waals surface area contributed by atoms with Gasteiger partial charge in [0.15, 0.2) is 6.10 Å². The molecule has 0 saturated carbocycles. The van der Waals surface area contributed by atoms with E-state index in [1.165, 1.54) is 44.9 Å². The third kappa shape index (κ3) is 69.1. The first kappa shape index (κ1) is 89.0. The first-order chi connectivity index (χ1) is 45.2. The summed E-state index contributed by atoms with van der Waals surface area (Å²) in [6.07, 6.45) is 78.1. The number of phosphoric acid groups is 2. The molecule has 16 nitrogen and oxygen atoms in total. The van der Waals surface area contributed by atoms with E-state index in [4.69, 9.17) is 32.3 Å². The average Bonchev–Trinajstić information content (AvgIpc) is 2.84. The molecule has 0 saturated heterocycles. The fraction of sp³-hybridized carbons (Fsp3) is 0.693. The smallest absolute Gasteiger partial charge is 0.463 e. The molecule has 534 valence electrons. The Balaban J connectivity index is 4.60. The normalized spacial score (nSPS) is 14.9. The Labute approximate surface area is 563 Å². The van der Waals surface area contributed by atoms with Crippen LogP contribution in [0.15, 0.2) is 122 Å². The summed E-state index contributed by atoms with van der Waals surface area (Å²) >= 11 is 0. The highest BCUT2D eigenvalue weighted by Gasteiger charge is 2.29. The number of hydrogen-bond acceptors (Lipinski definition) is 14. The predicted molar refractivity (Wildman–Crippen MR) is 380 cm³/mol. The van der Waals surface area contributed by atoms with Crippen molar-refractivity contribution in [3.8, 4) is 0 Å². The van der Waals surface area contributed by atoms with Gasteiger partial charge < -0.3 is 34.2 Å². The molecule has 0 rings (SSSR count). The van der Waals surface area contributed by atoms with Gasteiger partial charge in [-0.1, -0.05) is 251 Å². The van der Waals surface area contributed by atoms with Gasteiger partial charge in [0.05, 0.1) is 26.4 Å². The number of aliphatic hydroxyl groups is 2. The quantitative estimate of drug-likeness (QED) is 0.0146. The number of ether oxygens (including phenoxy) is 3. The summed E-state index contributed by atoms with van der Waals surface area (Å²) in [6, 6.07) is 0. The summed E-state index contributed by atoms with van der Waals surface area (Å²) < 4.78 is 60.9. The lowest BCUT2D eigenvalue weighted by Crippen LogP contribution is -2.30. The fourth-order valence-electron chi connectivity index (χ4n) is 9.23. The number of allylic oxidation sites excluding steroid dienone is 20. The molecule has 0 spiro atoms. The van der Waals surface area contributed by atoms with E-state index in [2.05, 4.69) is 142 Å². The third-order valence-corrected chi connectivity index (χ3v) is 16.6. The van der Waals surface area contributed by atoms with Gasteiger partial charge in [-0.2, -0.15) is 0 Å². The van der Waals surface area contributed by atoms with Crippen LogP contribution in [0.4, 0.5) is 0 Å². The molecule has 4 N–H and O–H groups in total. The Morgan fingerprint density at radius 3 is 0.903 bits per heavy atom.